The molecule has 2 amide bonds. The molecule has 2 atom stereocenters. The van der Waals surface area contributed by atoms with E-state index in [1.807, 2.05) is 42.5 Å². The molecule has 0 radical (unpaired) electrons. The molecular formula is C32H24Cl2FN3O2. The van der Waals surface area contributed by atoms with Crippen LogP contribution in [0.2, 0.25) is 10.0 Å². The Bertz CT molecular complexity index is 1660. The Kier molecular flexibility index (Phi) is 7.05. The van der Waals surface area contributed by atoms with Gasteiger partial charge in [0, 0.05) is 28.9 Å². The summed E-state index contributed by atoms with van der Waals surface area (Å²) < 4.78 is 15.5. The number of hydrogen-bond acceptors (Lipinski definition) is 3. The molecule has 0 saturated heterocycles. The van der Waals surface area contributed by atoms with Gasteiger partial charge in [0.15, 0.2) is 5.78 Å². The summed E-state index contributed by atoms with van der Waals surface area (Å²) in [6.07, 6.45) is 0.778. The van der Waals surface area contributed by atoms with Crippen LogP contribution in [0.25, 0.3) is 0 Å². The third-order valence-corrected chi connectivity index (χ3v) is 8.09. The molecule has 2 aliphatic rings. The number of carbonyl (C=O) groups excluding carboxylic acids is 2. The number of Topliss-reactive ketones (excluding diaryl/α,β-unsaturated/α-hetero) is 1. The van der Waals surface area contributed by atoms with Crippen molar-refractivity contribution in [1.29, 1.82) is 0 Å². The van der Waals surface area contributed by atoms with Crippen LogP contribution in [0.1, 0.15) is 35.9 Å². The van der Waals surface area contributed by atoms with Crippen molar-refractivity contribution in [1.82, 2.24) is 0 Å². The average Bonchev–Trinajstić information content (AvgIpc) is 3.10. The first-order chi connectivity index (χ1) is 19.4. The van der Waals surface area contributed by atoms with E-state index >= 15 is 4.39 Å². The van der Waals surface area contributed by atoms with E-state index in [4.69, 9.17) is 23.2 Å². The van der Waals surface area contributed by atoms with Crippen molar-refractivity contribution in [3.05, 3.63) is 135 Å². The molecular weight excluding hydrogens is 548 g/mol. The van der Waals surface area contributed by atoms with Crippen molar-refractivity contribution in [2.45, 2.75) is 24.8 Å². The Labute approximate surface area is 241 Å². The number of hydrogen-bond donors (Lipinski definition) is 2. The number of para-hydroxylation sites is 2. The molecule has 1 aliphatic heterocycles. The fraction of sp³-hybridized carbons (Fsp3) is 0.125. The Morgan fingerprint density at radius 2 is 1.60 bits per heavy atom. The molecule has 2 N–H and O–H groups in total. The number of fused-ring (bicyclic) bond motifs is 1. The highest BCUT2D eigenvalue weighted by atomic mass is 35.5. The SMILES string of the molecule is O=C1C[C@@H](c2ccccc2)CC2=C1[C@@H](c1ccccc1F)N(C(=O)Nc1ccc(Cl)c(Cl)c1)c1ccccc1N2. The number of carbonyl (C=O) groups is 2. The van der Waals surface area contributed by atoms with Gasteiger partial charge >= 0.3 is 6.03 Å². The van der Waals surface area contributed by atoms with Gasteiger partial charge in [0.2, 0.25) is 0 Å². The van der Waals surface area contributed by atoms with Gasteiger partial charge in [-0.05, 0) is 54.3 Å². The lowest BCUT2D eigenvalue weighted by atomic mass is 9.78. The van der Waals surface area contributed by atoms with Gasteiger partial charge in [0.1, 0.15) is 5.82 Å². The smallest absolute Gasteiger partial charge is 0.327 e. The molecule has 8 heteroatoms. The number of benzene rings is 4. The first kappa shape index (κ1) is 26.1. The maximum atomic E-state index is 15.5. The van der Waals surface area contributed by atoms with Gasteiger partial charge in [0.25, 0.3) is 0 Å². The summed E-state index contributed by atoms with van der Waals surface area (Å²) in [4.78, 5) is 29.6. The number of rotatable bonds is 3. The lowest BCUT2D eigenvalue weighted by Gasteiger charge is -2.35. The lowest BCUT2D eigenvalue weighted by molar-refractivity contribution is -0.116. The van der Waals surface area contributed by atoms with Gasteiger partial charge in [0.05, 0.1) is 27.5 Å². The van der Waals surface area contributed by atoms with Gasteiger partial charge in [-0.1, -0.05) is 83.9 Å². The molecule has 4 aromatic carbocycles. The highest BCUT2D eigenvalue weighted by Crippen LogP contribution is 2.48. The summed E-state index contributed by atoms with van der Waals surface area (Å²) in [7, 11) is 0. The first-order valence-corrected chi connectivity index (χ1v) is 13.6. The largest absolute Gasteiger partial charge is 0.357 e. The number of halogens is 3. The lowest BCUT2D eigenvalue weighted by Crippen LogP contribution is -2.41. The fourth-order valence-electron chi connectivity index (χ4n) is 5.52. The normalized spacial score (nSPS) is 18.4. The Balaban J connectivity index is 1.52. The summed E-state index contributed by atoms with van der Waals surface area (Å²) in [5.74, 6) is -0.704. The summed E-state index contributed by atoms with van der Waals surface area (Å²) >= 11 is 12.3. The molecule has 0 fully saturated rings. The third kappa shape index (κ3) is 4.85. The maximum Gasteiger partial charge on any atom is 0.327 e. The van der Waals surface area contributed by atoms with E-state index in [0.29, 0.717) is 39.8 Å². The second-order valence-corrected chi connectivity index (χ2v) is 10.6. The quantitative estimate of drug-likeness (QED) is 0.258. The van der Waals surface area contributed by atoms with Crippen LogP contribution in [0.4, 0.5) is 26.2 Å². The zero-order valence-electron chi connectivity index (χ0n) is 21.2. The number of urea groups is 1. The summed E-state index contributed by atoms with van der Waals surface area (Å²) in [6, 6.07) is 26.6. The van der Waals surface area contributed by atoms with Crippen LogP contribution in [0.5, 0.6) is 0 Å². The molecule has 200 valence electrons. The van der Waals surface area contributed by atoms with Crippen molar-refractivity contribution in [2.24, 2.45) is 0 Å². The van der Waals surface area contributed by atoms with E-state index in [0.717, 1.165) is 5.56 Å². The highest BCUT2D eigenvalue weighted by Gasteiger charge is 2.42. The first-order valence-electron chi connectivity index (χ1n) is 12.9. The Hall–Kier alpha value is -4.13. The van der Waals surface area contributed by atoms with E-state index < -0.39 is 17.9 Å². The van der Waals surface area contributed by atoms with E-state index in [1.54, 1.807) is 48.5 Å². The van der Waals surface area contributed by atoms with Crippen LogP contribution in [0.3, 0.4) is 0 Å². The molecule has 1 heterocycles. The van der Waals surface area contributed by atoms with Crippen molar-refractivity contribution < 1.29 is 14.0 Å². The standard InChI is InChI=1S/C32H24Cl2FN3O2/c33-23-15-14-21(18-24(23)34)36-32(40)38-28-13-7-6-12-26(28)37-27-16-20(19-8-2-1-3-9-19)17-29(39)30(27)31(38)22-10-4-5-11-25(22)35/h1-15,18,20,31,37H,16-17H2,(H,36,40)/t20-,31+/m0/s1. The summed E-state index contributed by atoms with van der Waals surface area (Å²) in [5, 5.41) is 6.96. The van der Waals surface area contributed by atoms with Gasteiger partial charge < -0.3 is 10.6 Å². The van der Waals surface area contributed by atoms with Crippen molar-refractivity contribution in [3.63, 3.8) is 0 Å². The Morgan fingerprint density at radius 3 is 2.38 bits per heavy atom. The van der Waals surface area contributed by atoms with E-state index in [2.05, 4.69) is 10.6 Å². The number of nitrogens with one attached hydrogen (secondary N) is 2. The van der Waals surface area contributed by atoms with Crippen molar-refractivity contribution in [3.8, 4) is 0 Å². The topological polar surface area (TPSA) is 61.4 Å². The fourth-order valence-corrected chi connectivity index (χ4v) is 5.82. The van der Waals surface area contributed by atoms with Gasteiger partial charge in [-0.2, -0.15) is 0 Å². The Morgan fingerprint density at radius 1 is 0.875 bits per heavy atom. The van der Waals surface area contributed by atoms with Gasteiger partial charge in [-0.3, -0.25) is 9.69 Å². The molecule has 6 rings (SSSR count). The minimum absolute atomic E-state index is 0.0510. The van der Waals surface area contributed by atoms with Gasteiger partial charge in [-0.25, -0.2) is 9.18 Å². The molecule has 0 aromatic heterocycles. The average molecular weight is 572 g/mol. The molecule has 0 saturated carbocycles. The predicted octanol–water partition coefficient (Wildman–Crippen LogP) is 8.74. The molecule has 5 nitrogen and oxygen atoms in total. The zero-order chi connectivity index (χ0) is 27.8. The van der Waals surface area contributed by atoms with Crippen LogP contribution >= 0.6 is 23.2 Å². The number of ketones is 1. The molecule has 0 unspecified atom stereocenters. The molecule has 4 aromatic rings. The molecule has 40 heavy (non-hydrogen) atoms. The van der Waals surface area contributed by atoms with Gasteiger partial charge in [-0.15, -0.1) is 0 Å². The number of anilines is 3. The second-order valence-electron chi connectivity index (χ2n) is 9.83. The maximum absolute atomic E-state index is 15.5. The van der Waals surface area contributed by atoms with E-state index in [9.17, 15) is 9.59 Å². The highest BCUT2D eigenvalue weighted by molar-refractivity contribution is 6.42. The van der Waals surface area contributed by atoms with E-state index in [1.165, 1.54) is 11.0 Å². The summed E-state index contributed by atoms with van der Waals surface area (Å²) in [5.41, 5.74) is 3.89. The zero-order valence-corrected chi connectivity index (χ0v) is 22.7. The van der Waals surface area contributed by atoms with Crippen LogP contribution in [-0.4, -0.2) is 11.8 Å². The minimum Gasteiger partial charge on any atom is -0.357 e. The number of allylic oxidation sites excluding steroid dienone is 1. The van der Waals surface area contributed by atoms with Crippen LogP contribution in [0.15, 0.2) is 108 Å². The third-order valence-electron chi connectivity index (χ3n) is 7.35. The number of nitrogens with zero attached hydrogens (tertiary/aromatic N) is 1. The molecule has 0 bridgehead atoms. The van der Waals surface area contributed by atoms with Crippen LogP contribution < -0.4 is 15.5 Å². The van der Waals surface area contributed by atoms with Crippen LogP contribution in [0, 0.1) is 5.82 Å². The van der Waals surface area contributed by atoms with Crippen molar-refractivity contribution in [2.75, 3.05) is 15.5 Å². The predicted molar refractivity (Wildman–Crippen MR) is 158 cm³/mol. The van der Waals surface area contributed by atoms with Crippen molar-refractivity contribution >= 4 is 52.1 Å². The minimum atomic E-state index is -1.01. The summed E-state index contributed by atoms with van der Waals surface area (Å²) in [6.45, 7) is 0. The molecule has 1 aliphatic carbocycles. The second kappa shape index (κ2) is 10.8. The molecule has 0 spiro atoms. The number of amides is 2. The van der Waals surface area contributed by atoms with E-state index in [-0.39, 0.29) is 28.7 Å². The van der Waals surface area contributed by atoms with Crippen LogP contribution in [-0.2, 0) is 4.79 Å². The monoisotopic (exact) mass is 571 g/mol.